The van der Waals surface area contributed by atoms with E-state index in [-0.39, 0.29) is 12.5 Å². The van der Waals surface area contributed by atoms with Crippen LogP contribution in [-0.4, -0.2) is 36.9 Å². The Morgan fingerprint density at radius 2 is 1.70 bits per heavy atom. The van der Waals surface area contributed by atoms with Crippen LogP contribution in [0.5, 0.6) is 5.75 Å². The monoisotopic (exact) mass is 341 g/mol. The summed E-state index contributed by atoms with van der Waals surface area (Å²) in [7, 11) is 1.11. The van der Waals surface area contributed by atoms with E-state index in [9.17, 15) is 27.5 Å². The zero-order valence-electron chi connectivity index (χ0n) is 12.9. The van der Waals surface area contributed by atoms with Crippen molar-refractivity contribution in [2.24, 2.45) is 5.73 Å². The molecular formula is C14H19F4NO4. The Morgan fingerprint density at radius 3 is 2.13 bits per heavy atom. The van der Waals surface area contributed by atoms with Gasteiger partial charge in [0.25, 0.3) is 0 Å². The third-order valence-corrected chi connectivity index (χ3v) is 2.59. The molecule has 5 nitrogen and oxygen atoms in total. The van der Waals surface area contributed by atoms with Gasteiger partial charge in [0.1, 0.15) is 12.7 Å². The molecule has 9 heteroatoms. The van der Waals surface area contributed by atoms with Gasteiger partial charge in [-0.1, -0.05) is 13.8 Å². The Balaban J connectivity index is 0.00000232. The lowest BCUT2D eigenvalue weighted by Gasteiger charge is -2.18. The number of esters is 1. The van der Waals surface area contributed by atoms with Gasteiger partial charge in [0, 0.05) is 12.1 Å². The molecule has 23 heavy (non-hydrogen) atoms. The zero-order valence-corrected chi connectivity index (χ0v) is 12.9. The minimum absolute atomic E-state index is 0.0247. The lowest BCUT2D eigenvalue weighted by molar-refractivity contribution is -0.141. The van der Waals surface area contributed by atoms with E-state index in [1.807, 2.05) is 13.8 Å². The summed E-state index contributed by atoms with van der Waals surface area (Å²) in [5, 5.41) is 9.55. The molecule has 0 amide bonds. The maximum absolute atomic E-state index is 13.3. The van der Waals surface area contributed by atoms with Crippen molar-refractivity contribution in [3.63, 3.8) is 0 Å². The van der Waals surface area contributed by atoms with Gasteiger partial charge in [0.2, 0.25) is 11.6 Å². The average Bonchev–Trinajstić information content (AvgIpc) is 2.54. The Bertz CT molecular complexity index is 502. The number of hydrogen-bond acceptors (Lipinski definition) is 5. The fourth-order valence-corrected chi connectivity index (χ4v) is 1.38. The predicted octanol–water partition coefficient (Wildman–Crippen LogP) is 1.90. The van der Waals surface area contributed by atoms with Gasteiger partial charge in [0.05, 0.1) is 13.5 Å². The van der Waals surface area contributed by atoms with Crippen LogP contribution in [0.2, 0.25) is 0 Å². The third-order valence-electron chi connectivity index (χ3n) is 2.59. The van der Waals surface area contributed by atoms with Crippen LogP contribution in [-0.2, 0) is 9.53 Å². The first-order chi connectivity index (χ1) is 10.8. The molecule has 0 aromatic heterocycles. The molecule has 2 unspecified atom stereocenters. The maximum Gasteiger partial charge on any atom is 0.307 e. The van der Waals surface area contributed by atoms with Crippen molar-refractivity contribution in [2.75, 3.05) is 13.7 Å². The number of hydrogen-bond donors (Lipinski definition) is 2. The first-order valence-electron chi connectivity index (χ1n) is 6.74. The third kappa shape index (κ3) is 6.03. The summed E-state index contributed by atoms with van der Waals surface area (Å²) >= 11 is 0. The van der Waals surface area contributed by atoms with Crippen LogP contribution in [0.15, 0.2) is 6.07 Å². The lowest BCUT2D eigenvalue weighted by Crippen LogP contribution is -2.40. The van der Waals surface area contributed by atoms with Gasteiger partial charge in [-0.3, -0.25) is 4.79 Å². The second-order valence-corrected chi connectivity index (χ2v) is 4.12. The summed E-state index contributed by atoms with van der Waals surface area (Å²) in [4.78, 5) is 10.9. The normalized spacial score (nSPS) is 12.7. The van der Waals surface area contributed by atoms with Gasteiger partial charge in [-0.15, -0.1) is 0 Å². The first-order valence-corrected chi connectivity index (χ1v) is 6.74. The average molecular weight is 341 g/mol. The van der Waals surface area contributed by atoms with Crippen LogP contribution in [0.4, 0.5) is 17.6 Å². The quantitative estimate of drug-likeness (QED) is 0.469. The topological polar surface area (TPSA) is 81.8 Å². The number of ether oxygens (including phenoxy) is 2. The second kappa shape index (κ2) is 10.0. The number of benzene rings is 1. The van der Waals surface area contributed by atoms with Crippen molar-refractivity contribution in [2.45, 2.75) is 32.4 Å². The summed E-state index contributed by atoms with van der Waals surface area (Å²) in [6, 6.07) is -1.11. The van der Waals surface area contributed by atoms with Crippen molar-refractivity contribution in [1.29, 1.82) is 0 Å². The number of nitrogens with two attached hydrogens (primary N) is 1. The Hall–Kier alpha value is -1.87. The van der Waals surface area contributed by atoms with Crippen LogP contribution in [0.25, 0.3) is 0 Å². The van der Waals surface area contributed by atoms with Gasteiger partial charge < -0.3 is 20.3 Å². The molecule has 0 saturated carbocycles. The molecule has 0 radical (unpaired) electrons. The van der Waals surface area contributed by atoms with E-state index in [4.69, 9.17) is 5.73 Å². The summed E-state index contributed by atoms with van der Waals surface area (Å²) < 4.78 is 61.2. The molecular weight excluding hydrogens is 322 g/mol. The van der Waals surface area contributed by atoms with Gasteiger partial charge >= 0.3 is 5.97 Å². The van der Waals surface area contributed by atoms with Crippen LogP contribution in [0.1, 0.15) is 20.3 Å². The molecule has 1 aromatic carbocycles. The molecule has 0 bridgehead atoms. The van der Waals surface area contributed by atoms with E-state index in [2.05, 4.69) is 9.47 Å². The minimum Gasteiger partial charge on any atom is -0.485 e. The number of aliphatic hydroxyl groups excluding tert-OH is 1. The predicted molar refractivity (Wildman–Crippen MR) is 73.7 cm³/mol. The van der Waals surface area contributed by atoms with Crippen LogP contribution in [0, 0.1) is 23.3 Å². The number of methoxy groups -OCH3 is 1. The van der Waals surface area contributed by atoms with Crippen LogP contribution in [0.3, 0.4) is 0 Å². The molecule has 1 aromatic rings. The molecule has 3 N–H and O–H groups in total. The number of carbonyl (C=O) groups is 1. The molecule has 0 heterocycles. The highest BCUT2D eigenvalue weighted by Crippen LogP contribution is 2.26. The molecule has 0 aliphatic carbocycles. The molecule has 0 aliphatic rings. The molecule has 0 fully saturated rings. The summed E-state index contributed by atoms with van der Waals surface area (Å²) in [6.07, 6.45) is -1.88. The molecule has 132 valence electrons. The maximum atomic E-state index is 13.3. The number of carbonyl (C=O) groups excluding carboxylic acids is 1. The van der Waals surface area contributed by atoms with Crippen molar-refractivity contribution in [3.05, 3.63) is 29.3 Å². The van der Waals surface area contributed by atoms with E-state index in [0.717, 1.165) is 7.11 Å². The summed E-state index contributed by atoms with van der Waals surface area (Å²) in [5.74, 6) is -8.77. The molecule has 0 saturated heterocycles. The summed E-state index contributed by atoms with van der Waals surface area (Å²) in [5.41, 5.74) is 5.43. The van der Waals surface area contributed by atoms with Crippen molar-refractivity contribution >= 4 is 5.97 Å². The summed E-state index contributed by atoms with van der Waals surface area (Å²) in [6.45, 7) is 3.23. The van der Waals surface area contributed by atoms with Gasteiger partial charge in [-0.25, -0.2) is 8.78 Å². The molecule has 0 spiro atoms. The highest BCUT2D eigenvalue weighted by atomic mass is 19.2. The number of halogens is 4. The first kappa shape index (κ1) is 21.1. The highest BCUT2D eigenvalue weighted by Gasteiger charge is 2.24. The largest absolute Gasteiger partial charge is 0.485 e. The fraction of sp³-hybridized carbons (Fsp3) is 0.500. The van der Waals surface area contributed by atoms with E-state index < -0.39 is 53.7 Å². The Labute approximate surface area is 131 Å². The smallest absolute Gasteiger partial charge is 0.307 e. The fourth-order valence-electron chi connectivity index (χ4n) is 1.38. The number of rotatable bonds is 6. The second-order valence-electron chi connectivity index (χ2n) is 4.12. The van der Waals surface area contributed by atoms with Crippen LogP contribution < -0.4 is 10.5 Å². The lowest BCUT2D eigenvalue weighted by atomic mass is 10.1. The Kier molecular flexibility index (Phi) is 9.19. The number of aliphatic hydroxyl groups is 1. The van der Waals surface area contributed by atoms with Gasteiger partial charge in [-0.05, 0) is 0 Å². The van der Waals surface area contributed by atoms with Crippen molar-refractivity contribution < 1.29 is 36.9 Å². The SMILES string of the molecule is CC.COC(=O)CC(N)C(O)COc1c(F)c(F)cc(F)c1F. The standard InChI is InChI=1S/C12H13F4NO4.C2H6/c1-20-9(19)3-7(17)8(18)4-21-12-10(15)5(13)2-6(14)11(12)16;1-2/h2,7-8,18H,3-4,17H2,1H3;1-2H3. The van der Waals surface area contributed by atoms with Gasteiger partial charge in [0.15, 0.2) is 17.4 Å². The van der Waals surface area contributed by atoms with E-state index >= 15 is 0 Å². The van der Waals surface area contributed by atoms with Crippen molar-refractivity contribution in [3.8, 4) is 5.75 Å². The highest BCUT2D eigenvalue weighted by molar-refractivity contribution is 5.69. The van der Waals surface area contributed by atoms with Crippen LogP contribution >= 0.6 is 0 Å². The van der Waals surface area contributed by atoms with E-state index in [0.29, 0.717) is 0 Å². The van der Waals surface area contributed by atoms with Gasteiger partial charge in [-0.2, -0.15) is 8.78 Å². The molecule has 2 atom stereocenters. The Morgan fingerprint density at radius 1 is 1.22 bits per heavy atom. The van der Waals surface area contributed by atoms with E-state index in [1.165, 1.54) is 0 Å². The van der Waals surface area contributed by atoms with Crippen molar-refractivity contribution in [1.82, 2.24) is 0 Å². The zero-order chi connectivity index (χ0) is 18.2. The molecule has 1 rings (SSSR count). The van der Waals surface area contributed by atoms with E-state index in [1.54, 1.807) is 0 Å². The molecule has 0 aliphatic heterocycles. The minimum atomic E-state index is -1.73.